The maximum atomic E-state index is 12.4. The number of carbonyl (C=O) groups excluding carboxylic acids is 1. The third-order valence-corrected chi connectivity index (χ3v) is 5.23. The summed E-state index contributed by atoms with van der Waals surface area (Å²) >= 11 is 1.41. The van der Waals surface area contributed by atoms with Crippen molar-refractivity contribution in [2.45, 2.75) is 31.7 Å². The molecule has 5 nitrogen and oxygen atoms in total. The van der Waals surface area contributed by atoms with Crippen LogP contribution in [-0.4, -0.2) is 28.5 Å². The molecule has 1 aliphatic rings. The second-order valence-electron chi connectivity index (χ2n) is 5.63. The van der Waals surface area contributed by atoms with Gasteiger partial charge in [-0.25, -0.2) is 4.98 Å². The topological polar surface area (TPSA) is 80.9 Å². The van der Waals surface area contributed by atoms with E-state index in [0.717, 1.165) is 29.8 Å². The van der Waals surface area contributed by atoms with Gasteiger partial charge in [-0.05, 0) is 37.4 Å². The molecule has 0 bridgehead atoms. The SMILES string of the molecule is Cl.Cl.NCC1CCCCC1NC(=O)c1cnc(-c2ccncc2)s1. The monoisotopic (exact) mass is 388 g/mol. The molecule has 2 unspecified atom stereocenters. The van der Waals surface area contributed by atoms with Crippen LogP contribution in [0.2, 0.25) is 0 Å². The molecule has 132 valence electrons. The van der Waals surface area contributed by atoms with Gasteiger partial charge in [0.1, 0.15) is 9.88 Å². The van der Waals surface area contributed by atoms with Crippen LogP contribution in [0.3, 0.4) is 0 Å². The Kier molecular flexibility index (Phi) is 8.62. The van der Waals surface area contributed by atoms with Gasteiger partial charge < -0.3 is 11.1 Å². The molecule has 0 spiro atoms. The van der Waals surface area contributed by atoms with Crippen molar-refractivity contribution >= 4 is 42.1 Å². The first-order chi connectivity index (χ1) is 10.8. The Bertz CT molecular complexity index is 638. The van der Waals surface area contributed by atoms with Gasteiger partial charge in [0.25, 0.3) is 5.91 Å². The molecule has 2 aromatic heterocycles. The van der Waals surface area contributed by atoms with Gasteiger partial charge in [-0.1, -0.05) is 12.8 Å². The third-order valence-electron chi connectivity index (χ3n) is 4.19. The van der Waals surface area contributed by atoms with E-state index in [1.54, 1.807) is 18.6 Å². The molecule has 3 rings (SSSR count). The number of rotatable bonds is 4. The number of carbonyl (C=O) groups is 1. The third kappa shape index (κ3) is 4.89. The zero-order chi connectivity index (χ0) is 15.4. The van der Waals surface area contributed by atoms with Gasteiger partial charge in [-0.2, -0.15) is 0 Å². The summed E-state index contributed by atoms with van der Waals surface area (Å²) in [5.74, 6) is 0.355. The number of pyridine rings is 1. The Labute approximate surface area is 158 Å². The molecule has 2 heterocycles. The van der Waals surface area contributed by atoms with E-state index in [0.29, 0.717) is 17.3 Å². The van der Waals surface area contributed by atoms with Crippen molar-refractivity contribution in [3.8, 4) is 10.6 Å². The average Bonchev–Trinajstić information content (AvgIpc) is 3.06. The normalized spacial score (nSPS) is 19.7. The largest absolute Gasteiger partial charge is 0.348 e. The Balaban J connectivity index is 0.00000144. The van der Waals surface area contributed by atoms with E-state index in [2.05, 4.69) is 15.3 Å². The highest BCUT2D eigenvalue weighted by Crippen LogP contribution is 2.26. The van der Waals surface area contributed by atoms with E-state index in [1.807, 2.05) is 12.1 Å². The minimum atomic E-state index is -0.0387. The van der Waals surface area contributed by atoms with Crippen LogP contribution in [0.25, 0.3) is 10.6 Å². The molecule has 0 aromatic carbocycles. The Hall–Kier alpha value is -1.21. The molecule has 1 amide bonds. The first kappa shape index (κ1) is 20.8. The van der Waals surface area contributed by atoms with Gasteiger partial charge >= 0.3 is 0 Å². The van der Waals surface area contributed by atoms with Gasteiger partial charge in [0.2, 0.25) is 0 Å². The predicted molar refractivity (Wildman–Crippen MR) is 102 cm³/mol. The molecular weight excluding hydrogens is 367 g/mol. The standard InChI is InChI=1S/C16H20N4OS.2ClH/c17-9-12-3-1-2-4-13(12)20-15(21)14-10-19-16(22-14)11-5-7-18-8-6-11;;/h5-8,10,12-13H,1-4,9,17H2,(H,20,21);2*1H. The number of thiazole rings is 1. The molecule has 1 fully saturated rings. The maximum absolute atomic E-state index is 12.4. The minimum absolute atomic E-state index is 0. The molecule has 3 N–H and O–H groups in total. The number of aromatic nitrogens is 2. The minimum Gasteiger partial charge on any atom is -0.348 e. The van der Waals surface area contributed by atoms with Crippen molar-refractivity contribution in [1.82, 2.24) is 15.3 Å². The zero-order valence-electron chi connectivity index (χ0n) is 13.2. The molecule has 8 heteroatoms. The highest BCUT2D eigenvalue weighted by molar-refractivity contribution is 7.16. The van der Waals surface area contributed by atoms with Crippen molar-refractivity contribution < 1.29 is 4.79 Å². The first-order valence-electron chi connectivity index (χ1n) is 7.65. The maximum Gasteiger partial charge on any atom is 0.263 e. The molecular formula is C16H22Cl2N4OS. The van der Waals surface area contributed by atoms with E-state index in [-0.39, 0.29) is 36.8 Å². The summed E-state index contributed by atoms with van der Waals surface area (Å²) in [6.45, 7) is 0.635. The molecule has 24 heavy (non-hydrogen) atoms. The molecule has 0 radical (unpaired) electrons. The van der Waals surface area contributed by atoms with Gasteiger partial charge in [-0.3, -0.25) is 9.78 Å². The van der Waals surface area contributed by atoms with Crippen molar-refractivity contribution in [3.63, 3.8) is 0 Å². The lowest BCUT2D eigenvalue weighted by Gasteiger charge is -2.31. The van der Waals surface area contributed by atoms with Crippen LogP contribution >= 0.6 is 36.2 Å². The second kappa shape index (κ2) is 9.93. The van der Waals surface area contributed by atoms with Crippen LogP contribution in [0, 0.1) is 5.92 Å². The molecule has 0 saturated heterocycles. The summed E-state index contributed by atoms with van der Waals surface area (Å²) in [4.78, 5) is 21.4. The molecule has 2 aromatic rings. The summed E-state index contributed by atoms with van der Waals surface area (Å²) in [6.07, 6.45) is 9.59. The zero-order valence-corrected chi connectivity index (χ0v) is 15.6. The summed E-state index contributed by atoms with van der Waals surface area (Å²) in [5, 5.41) is 3.98. The molecule has 1 saturated carbocycles. The lowest BCUT2D eigenvalue weighted by molar-refractivity contribution is 0.0912. The fraction of sp³-hybridized carbons (Fsp3) is 0.438. The van der Waals surface area contributed by atoms with Crippen LogP contribution in [0.4, 0.5) is 0 Å². The van der Waals surface area contributed by atoms with Gasteiger partial charge in [0, 0.05) is 24.0 Å². The van der Waals surface area contributed by atoms with E-state index >= 15 is 0 Å². The van der Waals surface area contributed by atoms with E-state index in [1.165, 1.54) is 17.8 Å². The van der Waals surface area contributed by atoms with E-state index in [9.17, 15) is 4.79 Å². The van der Waals surface area contributed by atoms with Gasteiger partial charge in [0.15, 0.2) is 0 Å². The average molecular weight is 389 g/mol. The summed E-state index contributed by atoms with van der Waals surface area (Å²) in [5.41, 5.74) is 6.80. The molecule has 2 atom stereocenters. The number of nitrogens with zero attached hydrogens (tertiary/aromatic N) is 2. The smallest absolute Gasteiger partial charge is 0.263 e. The highest BCUT2D eigenvalue weighted by Gasteiger charge is 2.26. The quantitative estimate of drug-likeness (QED) is 0.841. The lowest BCUT2D eigenvalue weighted by Crippen LogP contribution is -2.44. The number of amides is 1. The van der Waals surface area contributed by atoms with Crippen molar-refractivity contribution in [2.24, 2.45) is 11.7 Å². The van der Waals surface area contributed by atoms with E-state index < -0.39 is 0 Å². The highest BCUT2D eigenvalue weighted by atomic mass is 35.5. The fourth-order valence-corrected chi connectivity index (χ4v) is 3.75. The number of nitrogens with one attached hydrogen (secondary N) is 1. The predicted octanol–water partition coefficient (Wildman–Crippen LogP) is 3.30. The summed E-state index contributed by atoms with van der Waals surface area (Å²) < 4.78 is 0. The van der Waals surface area contributed by atoms with Crippen LogP contribution in [0.5, 0.6) is 0 Å². The van der Waals surface area contributed by atoms with Crippen molar-refractivity contribution in [3.05, 3.63) is 35.6 Å². The first-order valence-corrected chi connectivity index (χ1v) is 8.46. The number of nitrogens with two attached hydrogens (primary N) is 1. The fourth-order valence-electron chi connectivity index (χ4n) is 2.93. The van der Waals surface area contributed by atoms with Gasteiger partial charge in [-0.15, -0.1) is 36.2 Å². The van der Waals surface area contributed by atoms with Crippen LogP contribution in [0.15, 0.2) is 30.7 Å². The van der Waals surface area contributed by atoms with Crippen molar-refractivity contribution in [1.29, 1.82) is 0 Å². The molecule has 0 aliphatic heterocycles. The Morgan fingerprint density at radius 1 is 1.25 bits per heavy atom. The van der Waals surface area contributed by atoms with Crippen LogP contribution < -0.4 is 11.1 Å². The van der Waals surface area contributed by atoms with Crippen LogP contribution in [0.1, 0.15) is 35.4 Å². The lowest BCUT2D eigenvalue weighted by atomic mass is 9.84. The number of hydrogen-bond donors (Lipinski definition) is 2. The van der Waals surface area contributed by atoms with Gasteiger partial charge in [0.05, 0.1) is 6.20 Å². The summed E-state index contributed by atoms with van der Waals surface area (Å²) in [7, 11) is 0. The Morgan fingerprint density at radius 2 is 1.96 bits per heavy atom. The Morgan fingerprint density at radius 3 is 2.67 bits per heavy atom. The van der Waals surface area contributed by atoms with Crippen molar-refractivity contribution in [2.75, 3.05) is 6.54 Å². The second-order valence-corrected chi connectivity index (χ2v) is 6.66. The summed E-state index contributed by atoms with van der Waals surface area (Å²) in [6, 6.07) is 3.98. The number of hydrogen-bond acceptors (Lipinski definition) is 5. The number of halogens is 2. The van der Waals surface area contributed by atoms with Crippen LogP contribution in [-0.2, 0) is 0 Å². The van der Waals surface area contributed by atoms with E-state index in [4.69, 9.17) is 5.73 Å². The molecule has 1 aliphatic carbocycles.